The second-order valence-electron chi connectivity index (χ2n) is 11.9. The van der Waals surface area contributed by atoms with Crippen molar-refractivity contribution in [3.05, 3.63) is 74.7 Å². The molecule has 226 valence electrons. The number of carbonyl (C=O) groups excluding carboxylic acids is 2. The van der Waals surface area contributed by atoms with E-state index >= 15 is 0 Å². The van der Waals surface area contributed by atoms with Crippen LogP contribution in [0.5, 0.6) is 5.75 Å². The fourth-order valence-corrected chi connectivity index (χ4v) is 5.63. The second-order valence-corrected chi connectivity index (χ2v) is 12.3. The minimum Gasteiger partial charge on any atom is -0.490 e. The highest BCUT2D eigenvalue weighted by Gasteiger charge is 2.39. The normalized spacial score (nSPS) is 14.1. The fraction of sp³-hybridized carbons (Fsp3) is 0.355. The Bertz CT molecular complexity index is 1710. The van der Waals surface area contributed by atoms with Crippen LogP contribution < -0.4 is 15.6 Å². The molecule has 4 N–H and O–H groups in total. The summed E-state index contributed by atoms with van der Waals surface area (Å²) in [5.74, 6) is 0.124. The molecular weight excluding hydrogens is 572 g/mol. The minimum absolute atomic E-state index is 0.00823. The maximum atomic E-state index is 13.3. The zero-order chi connectivity index (χ0) is 31.1. The molecule has 0 spiro atoms. The standard InChI is InChI=1S/C31H35ClN6O5/c1-17-21(32)7-6-8-25(17)43-14-18(39)13-34-22-9-10-33-28(40)26(22)27-35-23-11-19-20(12-24(23)36-27)30(42)38(29(19)41)16-31(2,3)15-37(4)5/h6-12,18,39H,13-16H2,1-5H3,(H,35,36)(H2,33,34,40)/t18-/m1/s1. The number of nitrogens with one attached hydrogen (secondary N) is 3. The number of H-pyrrole nitrogens is 2. The molecule has 5 rings (SSSR count). The zero-order valence-electron chi connectivity index (χ0n) is 24.7. The van der Waals surface area contributed by atoms with E-state index in [-0.39, 0.29) is 53.9 Å². The van der Waals surface area contributed by atoms with Gasteiger partial charge in [-0.15, -0.1) is 0 Å². The Balaban J connectivity index is 1.34. The lowest BCUT2D eigenvalue weighted by molar-refractivity contribution is 0.0570. The number of pyridine rings is 1. The summed E-state index contributed by atoms with van der Waals surface area (Å²) in [6.07, 6.45) is 0.597. The van der Waals surface area contributed by atoms with Crippen molar-refractivity contribution < 1.29 is 19.4 Å². The Morgan fingerprint density at radius 2 is 1.86 bits per heavy atom. The van der Waals surface area contributed by atoms with Gasteiger partial charge < -0.3 is 30.0 Å². The summed E-state index contributed by atoms with van der Waals surface area (Å²) in [5.41, 5.74) is 2.29. The predicted octanol–water partition coefficient (Wildman–Crippen LogP) is 3.92. The van der Waals surface area contributed by atoms with E-state index in [1.807, 2.05) is 39.8 Å². The molecule has 11 nitrogen and oxygen atoms in total. The van der Waals surface area contributed by atoms with Gasteiger partial charge in [-0.2, -0.15) is 0 Å². The van der Waals surface area contributed by atoms with E-state index in [2.05, 4.69) is 20.3 Å². The number of hydrogen-bond acceptors (Lipinski definition) is 8. The maximum absolute atomic E-state index is 13.3. The van der Waals surface area contributed by atoms with Gasteiger partial charge in [0, 0.05) is 36.4 Å². The van der Waals surface area contributed by atoms with Gasteiger partial charge in [-0.1, -0.05) is 31.5 Å². The topological polar surface area (TPSA) is 144 Å². The van der Waals surface area contributed by atoms with Gasteiger partial charge in [0.05, 0.1) is 27.8 Å². The molecule has 43 heavy (non-hydrogen) atoms. The highest BCUT2D eigenvalue weighted by Crippen LogP contribution is 2.32. The summed E-state index contributed by atoms with van der Waals surface area (Å²) < 4.78 is 5.73. The van der Waals surface area contributed by atoms with Crippen molar-refractivity contribution in [2.24, 2.45) is 5.41 Å². The number of carbonyl (C=O) groups is 2. The van der Waals surface area contributed by atoms with Crippen molar-refractivity contribution in [3.63, 3.8) is 0 Å². The van der Waals surface area contributed by atoms with E-state index in [9.17, 15) is 19.5 Å². The molecule has 0 fully saturated rings. The molecule has 1 aliphatic rings. The van der Waals surface area contributed by atoms with E-state index < -0.39 is 11.7 Å². The first-order valence-electron chi connectivity index (χ1n) is 13.9. The van der Waals surface area contributed by atoms with Crippen molar-refractivity contribution in [1.82, 2.24) is 24.8 Å². The summed E-state index contributed by atoms with van der Waals surface area (Å²) in [6.45, 7) is 6.96. The molecule has 0 saturated heterocycles. The van der Waals surface area contributed by atoms with Gasteiger partial charge in [-0.3, -0.25) is 19.3 Å². The highest BCUT2D eigenvalue weighted by molar-refractivity contribution is 6.31. The number of nitrogens with zero attached hydrogens (tertiary/aromatic N) is 3. The van der Waals surface area contributed by atoms with E-state index in [0.29, 0.717) is 39.6 Å². The van der Waals surface area contributed by atoms with Gasteiger partial charge >= 0.3 is 0 Å². The molecule has 4 aromatic rings. The number of rotatable bonds is 11. The smallest absolute Gasteiger partial charge is 0.261 e. The summed E-state index contributed by atoms with van der Waals surface area (Å²) in [5, 5.41) is 14.2. The van der Waals surface area contributed by atoms with Gasteiger partial charge in [0.1, 0.15) is 29.8 Å². The van der Waals surface area contributed by atoms with E-state index in [0.717, 1.165) is 5.56 Å². The monoisotopic (exact) mass is 606 g/mol. The molecule has 3 heterocycles. The lowest BCUT2D eigenvalue weighted by atomic mass is 9.92. The first-order chi connectivity index (χ1) is 20.3. The van der Waals surface area contributed by atoms with Crippen LogP contribution in [0.25, 0.3) is 22.4 Å². The SMILES string of the molecule is Cc1c(Cl)cccc1OC[C@H](O)CNc1cc[nH]c(=O)c1-c1nc2cc3c(cc2[nH]1)C(=O)N(CC(C)(C)CN(C)C)C3=O. The molecule has 12 heteroatoms. The maximum Gasteiger partial charge on any atom is 0.261 e. The Labute approximate surface area is 253 Å². The van der Waals surface area contributed by atoms with Gasteiger partial charge in [-0.25, -0.2) is 4.98 Å². The van der Waals surface area contributed by atoms with Crippen molar-refractivity contribution in [1.29, 1.82) is 0 Å². The molecule has 1 aliphatic heterocycles. The van der Waals surface area contributed by atoms with Crippen LogP contribution in [0.3, 0.4) is 0 Å². The third-order valence-corrected chi connectivity index (χ3v) is 7.69. The van der Waals surface area contributed by atoms with Crippen molar-refractivity contribution in [2.75, 3.05) is 45.7 Å². The number of anilines is 1. The highest BCUT2D eigenvalue weighted by atomic mass is 35.5. The third-order valence-electron chi connectivity index (χ3n) is 7.28. The summed E-state index contributed by atoms with van der Waals surface area (Å²) >= 11 is 6.14. The lowest BCUT2D eigenvalue weighted by Gasteiger charge is -2.31. The number of halogens is 1. The number of aliphatic hydroxyl groups excluding tert-OH is 1. The largest absolute Gasteiger partial charge is 0.490 e. The van der Waals surface area contributed by atoms with Gasteiger partial charge in [0.15, 0.2) is 0 Å². The number of ether oxygens (including phenoxy) is 1. The molecule has 0 unspecified atom stereocenters. The molecule has 2 amide bonds. The van der Waals surface area contributed by atoms with Crippen LogP contribution in [0.1, 0.15) is 40.1 Å². The molecule has 2 aromatic carbocycles. The van der Waals surface area contributed by atoms with Crippen LogP contribution >= 0.6 is 11.6 Å². The van der Waals surface area contributed by atoms with Crippen LogP contribution in [0.4, 0.5) is 5.69 Å². The summed E-state index contributed by atoms with van der Waals surface area (Å²) in [6, 6.07) is 10.2. The molecule has 0 aliphatic carbocycles. The van der Waals surface area contributed by atoms with E-state index in [4.69, 9.17) is 16.3 Å². The number of amides is 2. The Morgan fingerprint density at radius 3 is 2.58 bits per heavy atom. The van der Waals surface area contributed by atoms with Crippen molar-refractivity contribution in [3.8, 4) is 17.1 Å². The number of aromatic amines is 2. The first-order valence-corrected chi connectivity index (χ1v) is 14.3. The van der Waals surface area contributed by atoms with Crippen LogP contribution in [-0.4, -0.2) is 88.1 Å². The first kappa shape index (κ1) is 30.3. The number of aromatic nitrogens is 3. The number of aliphatic hydroxyl groups is 1. The quantitative estimate of drug-likeness (QED) is 0.188. The lowest BCUT2D eigenvalue weighted by Crippen LogP contribution is -2.42. The molecule has 0 bridgehead atoms. The Morgan fingerprint density at radius 1 is 1.14 bits per heavy atom. The minimum atomic E-state index is -0.896. The molecule has 0 radical (unpaired) electrons. The molecule has 0 saturated carbocycles. The third kappa shape index (κ3) is 6.29. The van der Waals surface area contributed by atoms with Gasteiger partial charge in [-0.05, 0) is 56.8 Å². The Hall–Kier alpha value is -4.19. The molecular formula is C31H35ClN6O5. The number of fused-ring (bicyclic) bond motifs is 2. The van der Waals surface area contributed by atoms with Crippen LogP contribution in [0.2, 0.25) is 5.02 Å². The average Bonchev–Trinajstić information content (AvgIpc) is 3.44. The van der Waals surface area contributed by atoms with E-state index in [1.54, 1.807) is 36.4 Å². The molecule has 1 atom stereocenters. The van der Waals surface area contributed by atoms with E-state index in [1.165, 1.54) is 11.1 Å². The number of hydrogen-bond donors (Lipinski definition) is 4. The Kier molecular flexibility index (Phi) is 8.33. The predicted molar refractivity (Wildman–Crippen MR) is 166 cm³/mol. The number of benzene rings is 2. The van der Waals surface area contributed by atoms with Crippen molar-refractivity contribution >= 4 is 40.1 Å². The summed E-state index contributed by atoms with van der Waals surface area (Å²) in [4.78, 5) is 53.2. The van der Waals surface area contributed by atoms with Crippen LogP contribution in [0.15, 0.2) is 47.4 Å². The van der Waals surface area contributed by atoms with Crippen LogP contribution in [0, 0.1) is 12.3 Å². The average molecular weight is 607 g/mol. The zero-order valence-corrected chi connectivity index (χ0v) is 25.5. The second kappa shape index (κ2) is 11.8. The number of imidazole rings is 1. The van der Waals surface area contributed by atoms with Crippen LogP contribution in [-0.2, 0) is 0 Å². The molecule has 2 aromatic heterocycles. The van der Waals surface area contributed by atoms with Gasteiger partial charge in [0.25, 0.3) is 17.4 Å². The van der Waals surface area contributed by atoms with Crippen molar-refractivity contribution in [2.45, 2.75) is 26.9 Å². The van der Waals surface area contributed by atoms with Gasteiger partial charge in [0.2, 0.25) is 0 Å². The number of imide groups is 1. The summed E-state index contributed by atoms with van der Waals surface area (Å²) in [7, 11) is 3.91. The fourth-order valence-electron chi connectivity index (χ4n) is 5.47.